The van der Waals surface area contributed by atoms with Crippen molar-refractivity contribution in [2.45, 2.75) is 5.41 Å². The maximum Gasteiger partial charge on any atom is 0.181 e. The molecule has 8 aromatic carbocycles. The third-order valence-electron chi connectivity index (χ3n) is 10.9. The Bertz CT molecular complexity index is 2880. The van der Waals surface area contributed by atoms with E-state index < -0.39 is 5.41 Å². The first-order valence-corrected chi connectivity index (χ1v) is 18.4. The van der Waals surface area contributed by atoms with Crippen LogP contribution in [0.5, 0.6) is 23.0 Å². The smallest absolute Gasteiger partial charge is 0.181 e. The molecule has 55 heavy (non-hydrogen) atoms. The van der Waals surface area contributed by atoms with Crippen LogP contribution in [-0.2, 0) is 5.41 Å². The van der Waals surface area contributed by atoms with Crippen LogP contribution in [0, 0.1) is 0 Å². The third-order valence-corrected chi connectivity index (χ3v) is 10.9. The van der Waals surface area contributed by atoms with Gasteiger partial charge < -0.3 is 9.47 Å². The van der Waals surface area contributed by atoms with Gasteiger partial charge in [-0.2, -0.15) is 0 Å². The summed E-state index contributed by atoms with van der Waals surface area (Å²) < 4.78 is 13.7. The van der Waals surface area contributed by atoms with Crippen molar-refractivity contribution in [3.63, 3.8) is 0 Å². The first kappa shape index (κ1) is 31.2. The van der Waals surface area contributed by atoms with Crippen molar-refractivity contribution in [3.05, 3.63) is 210 Å². The zero-order chi connectivity index (χ0) is 36.3. The van der Waals surface area contributed by atoms with Crippen molar-refractivity contribution in [2.24, 2.45) is 0 Å². The highest BCUT2D eigenvalue weighted by atomic mass is 16.6. The molecule has 9 aromatic rings. The molecule has 0 amide bonds. The van der Waals surface area contributed by atoms with Crippen molar-refractivity contribution in [3.8, 4) is 68.3 Å². The molecule has 2 heterocycles. The number of benzene rings is 8. The summed E-state index contributed by atoms with van der Waals surface area (Å²) in [6, 6.07) is 65.0. The van der Waals surface area contributed by atoms with E-state index in [2.05, 4.69) is 121 Å². The predicted octanol–water partition coefficient (Wildman–Crippen LogP) is 12.3. The Morgan fingerprint density at radius 1 is 0.364 bits per heavy atom. The van der Waals surface area contributed by atoms with Gasteiger partial charge >= 0.3 is 0 Å². The summed E-state index contributed by atoms with van der Waals surface area (Å²) in [5.41, 5.74) is 9.03. The van der Waals surface area contributed by atoms with Gasteiger partial charge in [0.15, 0.2) is 40.5 Å². The molecule has 11 rings (SSSR count). The van der Waals surface area contributed by atoms with Gasteiger partial charge in [-0.25, -0.2) is 15.0 Å². The molecular weight excluding hydrogens is 675 g/mol. The Morgan fingerprint density at radius 2 is 0.927 bits per heavy atom. The van der Waals surface area contributed by atoms with Crippen LogP contribution in [0.3, 0.4) is 0 Å². The Hall–Kier alpha value is -7.37. The van der Waals surface area contributed by atoms with Crippen LogP contribution >= 0.6 is 0 Å². The van der Waals surface area contributed by atoms with Crippen molar-refractivity contribution in [1.82, 2.24) is 15.0 Å². The average Bonchev–Trinajstić information content (AvgIpc) is 3.55. The lowest BCUT2D eigenvalue weighted by Gasteiger charge is -2.34. The molecule has 5 nitrogen and oxygen atoms in total. The summed E-state index contributed by atoms with van der Waals surface area (Å²) in [7, 11) is 0. The van der Waals surface area contributed by atoms with Crippen LogP contribution in [0.4, 0.5) is 0 Å². The van der Waals surface area contributed by atoms with Crippen molar-refractivity contribution in [1.29, 1.82) is 0 Å². The molecule has 0 fully saturated rings. The highest BCUT2D eigenvalue weighted by Gasteiger charge is 2.47. The lowest BCUT2D eigenvalue weighted by atomic mass is 9.67. The van der Waals surface area contributed by atoms with E-state index in [1.807, 2.05) is 66.7 Å². The third kappa shape index (κ3) is 4.83. The molecule has 0 bridgehead atoms. The van der Waals surface area contributed by atoms with Gasteiger partial charge in [-0.15, -0.1) is 0 Å². The normalized spacial score (nSPS) is 13.2. The lowest BCUT2D eigenvalue weighted by Crippen LogP contribution is -2.28. The van der Waals surface area contributed by atoms with Gasteiger partial charge in [-0.1, -0.05) is 164 Å². The van der Waals surface area contributed by atoms with Gasteiger partial charge in [-0.3, -0.25) is 0 Å². The molecule has 1 aliphatic carbocycles. The number of rotatable bonds is 5. The van der Waals surface area contributed by atoms with E-state index in [4.69, 9.17) is 24.4 Å². The first-order chi connectivity index (χ1) is 27.3. The predicted molar refractivity (Wildman–Crippen MR) is 218 cm³/mol. The van der Waals surface area contributed by atoms with Crippen molar-refractivity contribution >= 4 is 10.8 Å². The van der Waals surface area contributed by atoms with Crippen molar-refractivity contribution in [2.75, 3.05) is 0 Å². The van der Waals surface area contributed by atoms with E-state index in [9.17, 15) is 0 Å². The van der Waals surface area contributed by atoms with Gasteiger partial charge in [0.05, 0.1) is 11.0 Å². The highest BCUT2D eigenvalue weighted by Crippen LogP contribution is 2.60. The Labute approximate surface area is 318 Å². The second kappa shape index (κ2) is 12.4. The Balaban J connectivity index is 1.09. The van der Waals surface area contributed by atoms with Gasteiger partial charge in [0.25, 0.3) is 0 Å². The number of fused-ring (bicyclic) bond motifs is 6. The quantitative estimate of drug-likeness (QED) is 0.178. The summed E-state index contributed by atoms with van der Waals surface area (Å²) >= 11 is 0. The molecular formula is C50H31N3O2. The van der Waals surface area contributed by atoms with E-state index in [0.717, 1.165) is 33.0 Å². The first-order valence-electron chi connectivity index (χ1n) is 18.4. The molecule has 5 heteroatoms. The van der Waals surface area contributed by atoms with Crippen LogP contribution in [0.1, 0.15) is 22.3 Å². The summed E-state index contributed by atoms with van der Waals surface area (Å²) in [6.07, 6.45) is 0. The zero-order valence-electron chi connectivity index (χ0n) is 29.6. The second-order valence-electron chi connectivity index (χ2n) is 13.9. The minimum absolute atomic E-state index is 0.499. The summed E-state index contributed by atoms with van der Waals surface area (Å²) in [6.45, 7) is 0. The molecule has 0 N–H and O–H groups in total. The molecule has 0 unspecified atom stereocenters. The fraction of sp³-hybridized carbons (Fsp3) is 0.0200. The van der Waals surface area contributed by atoms with E-state index in [0.29, 0.717) is 46.0 Å². The highest BCUT2D eigenvalue weighted by molar-refractivity contribution is 5.95. The van der Waals surface area contributed by atoms with E-state index >= 15 is 0 Å². The number of aromatic nitrogens is 3. The summed E-state index contributed by atoms with van der Waals surface area (Å²) in [5.74, 6) is 4.12. The SMILES string of the molecule is c1ccc(-c2nc(-c3cccc4c3Oc3cc5c(cc3O4)C(c3ccccc3)(c3ccccc3)c3ccccc3-5)nc(-c3cccc4ccccc34)n2)cc1. The Morgan fingerprint density at radius 3 is 1.71 bits per heavy atom. The van der Waals surface area contributed by atoms with Crippen LogP contribution in [0.25, 0.3) is 56.1 Å². The molecule has 0 saturated carbocycles. The second-order valence-corrected chi connectivity index (χ2v) is 13.9. The number of hydrogen-bond acceptors (Lipinski definition) is 5. The number of para-hydroxylation sites is 1. The number of ether oxygens (including phenoxy) is 2. The minimum atomic E-state index is -0.550. The lowest BCUT2D eigenvalue weighted by molar-refractivity contribution is 0.360. The summed E-state index contributed by atoms with van der Waals surface area (Å²) in [4.78, 5) is 15.2. The van der Waals surface area contributed by atoms with Gasteiger partial charge in [0.2, 0.25) is 0 Å². The molecule has 0 spiro atoms. The molecule has 2 aliphatic rings. The fourth-order valence-electron chi connectivity index (χ4n) is 8.47. The maximum absolute atomic E-state index is 6.92. The largest absolute Gasteiger partial charge is 0.449 e. The van der Waals surface area contributed by atoms with E-state index in [1.165, 1.54) is 22.3 Å². The van der Waals surface area contributed by atoms with E-state index in [-0.39, 0.29) is 0 Å². The molecule has 1 aromatic heterocycles. The van der Waals surface area contributed by atoms with Crippen LogP contribution in [-0.4, -0.2) is 15.0 Å². The molecule has 0 atom stereocenters. The summed E-state index contributed by atoms with van der Waals surface area (Å²) in [5, 5.41) is 2.19. The molecule has 1 aliphatic heterocycles. The van der Waals surface area contributed by atoms with Crippen LogP contribution < -0.4 is 9.47 Å². The molecule has 258 valence electrons. The molecule has 0 radical (unpaired) electrons. The van der Waals surface area contributed by atoms with E-state index in [1.54, 1.807) is 0 Å². The van der Waals surface area contributed by atoms with Gasteiger partial charge in [0.1, 0.15) is 0 Å². The van der Waals surface area contributed by atoms with Crippen LogP contribution in [0.2, 0.25) is 0 Å². The van der Waals surface area contributed by atoms with Gasteiger partial charge in [-0.05, 0) is 68.4 Å². The Kier molecular flexibility index (Phi) is 7.01. The maximum atomic E-state index is 6.92. The van der Waals surface area contributed by atoms with Crippen molar-refractivity contribution < 1.29 is 9.47 Å². The monoisotopic (exact) mass is 705 g/mol. The van der Waals surface area contributed by atoms with Gasteiger partial charge in [0, 0.05) is 11.1 Å². The topological polar surface area (TPSA) is 57.1 Å². The number of nitrogens with zero attached hydrogens (tertiary/aromatic N) is 3. The number of hydrogen-bond donors (Lipinski definition) is 0. The standard InChI is InChI=1S/C50H31N3O2/c1-4-17-33(18-5-1)47-51-48(38-26-14-19-32-16-10-11-24-36(32)38)53-49(52-47)39-27-15-29-43-46(39)55-44-30-40-37-25-12-13-28-41(37)50(34-20-6-2-7-21-34,35-22-8-3-9-23-35)42(40)31-45(44)54-43/h1-31H. The zero-order valence-corrected chi connectivity index (χ0v) is 29.6. The minimum Gasteiger partial charge on any atom is -0.449 e. The fourth-order valence-corrected chi connectivity index (χ4v) is 8.47. The molecule has 0 saturated heterocycles. The average molecular weight is 706 g/mol. The van der Waals surface area contributed by atoms with Crippen LogP contribution in [0.15, 0.2) is 188 Å².